The summed E-state index contributed by atoms with van der Waals surface area (Å²) in [6, 6.07) is 16.3. The van der Waals surface area contributed by atoms with Gasteiger partial charge in [0.1, 0.15) is 0 Å². The Balaban J connectivity index is 1.97. The summed E-state index contributed by atoms with van der Waals surface area (Å²) in [6.07, 6.45) is 0.888. The molecule has 5 nitrogen and oxygen atoms in total. The summed E-state index contributed by atoms with van der Waals surface area (Å²) < 4.78 is 26.8. The zero-order chi connectivity index (χ0) is 19.9. The molecule has 0 aromatic heterocycles. The Bertz CT molecular complexity index is 837. The molecule has 1 atom stereocenters. The number of rotatable bonds is 9. The van der Waals surface area contributed by atoms with Crippen molar-refractivity contribution in [2.24, 2.45) is 0 Å². The lowest BCUT2D eigenvalue weighted by molar-refractivity contribution is -0.119. The van der Waals surface area contributed by atoms with Gasteiger partial charge in [0.15, 0.2) is 0 Å². The molecule has 2 aromatic rings. The van der Waals surface area contributed by atoms with E-state index in [1.54, 1.807) is 31.3 Å². The molecule has 0 aliphatic rings. The molecule has 2 aromatic carbocycles. The molecule has 0 heterocycles. The minimum absolute atomic E-state index is 0.0198. The van der Waals surface area contributed by atoms with E-state index in [0.29, 0.717) is 12.3 Å². The summed E-state index contributed by atoms with van der Waals surface area (Å²) in [7, 11) is -1.99. The fourth-order valence-corrected chi connectivity index (χ4v) is 4.25. The van der Waals surface area contributed by atoms with Gasteiger partial charge >= 0.3 is 0 Å². The van der Waals surface area contributed by atoms with Crippen LogP contribution >= 0.6 is 11.8 Å². The van der Waals surface area contributed by atoms with E-state index in [-0.39, 0.29) is 16.8 Å². The maximum absolute atomic E-state index is 12.7. The number of benzene rings is 2. The average molecular weight is 407 g/mol. The summed E-state index contributed by atoms with van der Waals surface area (Å²) in [4.78, 5) is 12.9. The zero-order valence-corrected chi connectivity index (χ0v) is 17.5. The van der Waals surface area contributed by atoms with E-state index in [1.165, 1.54) is 16.1 Å². The van der Waals surface area contributed by atoms with E-state index >= 15 is 0 Å². The lowest BCUT2D eigenvalue weighted by atomic mass is 10.2. The predicted molar refractivity (Wildman–Crippen MR) is 110 cm³/mol. The first kappa shape index (κ1) is 21.5. The van der Waals surface area contributed by atoms with Gasteiger partial charge in [0.2, 0.25) is 15.9 Å². The number of carbonyl (C=O) groups excluding carboxylic acids is 1. The van der Waals surface area contributed by atoms with Crippen molar-refractivity contribution in [1.29, 1.82) is 0 Å². The maximum atomic E-state index is 12.7. The molecule has 0 fully saturated rings. The second-order valence-electron chi connectivity index (χ2n) is 6.38. The van der Waals surface area contributed by atoms with Gasteiger partial charge in [0, 0.05) is 24.5 Å². The Morgan fingerprint density at radius 1 is 1.11 bits per heavy atom. The van der Waals surface area contributed by atoms with E-state index in [4.69, 9.17) is 0 Å². The van der Waals surface area contributed by atoms with E-state index in [2.05, 4.69) is 5.32 Å². The van der Waals surface area contributed by atoms with Gasteiger partial charge in [0.05, 0.1) is 10.6 Å². The molecule has 0 unspecified atom stereocenters. The zero-order valence-electron chi connectivity index (χ0n) is 15.9. The average Bonchev–Trinajstić information content (AvgIpc) is 2.67. The highest BCUT2D eigenvalue weighted by molar-refractivity contribution is 8.00. The molecule has 1 N–H and O–H groups in total. The molecule has 2 rings (SSSR count). The number of thioether (sulfide) groups is 1. The van der Waals surface area contributed by atoms with Crippen LogP contribution in [0.15, 0.2) is 64.4 Å². The molecule has 0 saturated heterocycles. The van der Waals surface area contributed by atoms with Crippen LogP contribution in [0.1, 0.15) is 25.8 Å². The van der Waals surface area contributed by atoms with Crippen molar-refractivity contribution in [1.82, 2.24) is 9.62 Å². The standard InChI is InChI=1S/C20H26N2O3S2/c1-4-16(2)21-20(23)15-26-18-10-12-19(13-11-18)27(24,25)22(3)14-17-8-6-5-7-9-17/h5-13,16H,4,14-15H2,1-3H3,(H,21,23)/t16-/m0/s1. The summed E-state index contributed by atoms with van der Waals surface area (Å²) in [6.45, 7) is 4.30. The molecule has 0 saturated carbocycles. The normalized spacial score (nSPS) is 12.7. The molecule has 146 valence electrons. The summed E-state index contributed by atoms with van der Waals surface area (Å²) in [5.74, 6) is 0.290. The highest BCUT2D eigenvalue weighted by Crippen LogP contribution is 2.22. The van der Waals surface area contributed by atoms with Crippen LogP contribution < -0.4 is 5.32 Å². The molecule has 0 radical (unpaired) electrons. The van der Waals surface area contributed by atoms with Crippen molar-refractivity contribution in [2.75, 3.05) is 12.8 Å². The van der Waals surface area contributed by atoms with Gasteiger partial charge in [-0.25, -0.2) is 8.42 Å². The van der Waals surface area contributed by atoms with Crippen molar-refractivity contribution < 1.29 is 13.2 Å². The number of hydrogen-bond donors (Lipinski definition) is 1. The molecular formula is C20H26N2O3S2. The first-order valence-electron chi connectivity index (χ1n) is 8.85. The SMILES string of the molecule is CC[C@H](C)NC(=O)CSc1ccc(S(=O)(=O)N(C)Cc2ccccc2)cc1. The third-order valence-electron chi connectivity index (χ3n) is 4.17. The third kappa shape index (κ3) is 6.37. The third-order valence-corrected chi connectivity index (χ3v) is 7.00. The van der Waals surface area contributed by atoms with Gasteiger partial charge in [-0.2, -0.15) is 4.31 Å². The van der Waals surface area contributed by atoms with Gasteiger partial charge in [0.25, 0.3) is 0 Å². The molecule has 27 heavy (non-hydrogen) atoms. The van der Waals surface area contributed by atoms with Crippen LogP contribution in [0.4, 0.5) is 0 Å². The molecule has 7 heteroatoms. The fourth-order valence-electron chi connectivity index (χ4n) is 2.38. The van der Waals surface area contributed by atoms with Crippen LogP contribution in [0, 0.1) is 0 Å². The molecule has 1 amide bonds. The smallest absolute Gasteiger partial charge is 0.243 e. The Kier molecular flexibility index (Phi) is 7.89. The second kappa shape index (κ2) is 9.92. The molecule has 0 bridgehead atoms. The fraction of sp³-hybridized carbons (Fsp3) is 0.350. The maximum Gasteiger partial charge on any atom is 0.243 e. The second-order valence-corrected chi connectivity index (χ2v) is 9.48. The lowest BCUT2D eigenvalue weighted by Gasteiger charge is -2.17. The van der Waals surface area contributed by atoms with Crippen LogP contribution in [-0.4, -0.2) is 37.5 Å². The van der Waals surface area contributed by atoms with Crippen molar-refractivity contribution in [3.8, 4) is 0 Å². The summed E-state index contributed by atoms with van der Waals surface area (Å²) in [5.41, 5.74) is 0.933. The van der Waals surface area contributed by atoms with Crippen molar-refractivity contribution in [3.63, 3.8) is 0 Å². The highest BCUT2D eigenvalue weighted by Gasteiger charge is 2.20. The number of hydrogen-bond acceptors (Lipinski definition) is 4. The minimum Gasteiger partial charge on any atom is -0.353 e. The number of sulfonamides is 1. The largest absolute Gasteiger partial charge is 0.353 e. The monoisotopic (exact) mass is 406 g/mol. The van der Waals surface area contributed by atoms with Gasteiger partial charge in [-0.05, 0) is 43.2 Å². The Morgan fingerprint density at radius 2 is 1.74 bits per heavy atom. The van der Waals surface area contributed by atoms with Crippen molar-refractivity contribution >= 4 is 27.7 Å². The highest BCUT2D eigenvalue weighted by atomic mass is 32.2. The molecular weight excluding hydrogens is 380 g/mol. The van der Waals surface area contributed by atoms with Gasteiger partial charge < -0.3 is 5.32 Å². The van der Waals surface area contributed by atoms with Crippen LogP contribution in [0.2, 0.25) is 0 Å². The number of nitrogens with one attached hydrogen (secondary N) is 1. The Hall–Kier alpha value is -1.83. The van der Waals surface area contributed by atoms with E-state index in [1.807, 2.05) is 44.2 Å². The number of amides is 1. The first-order valence-corrected chi connectivity index (χ1v) is 11.3. The van der Waals surface area contributed by atoms with Crippen molar-refractivity contribution in [3.05, 3.63) is 60.2 Å². The first-order chi connectivity index (χ1) is 12.8. The predicted octanol–water partition coefficient (Wildman–Crippen LogP) is 3.51. The van der Waals surface area contributed by atoms with Gasteiger partial charge in [-0.3, -0.25) is 4.79 Å². The quantitative estimate of drug-likeness (QED) is 0.647. The van der Waals surface area contributed by atoms with Crippen molar-refractivity contribution in [2.45, 2.75) is 42.6 Å². The van der Waals surface area contributed by atoms with Gasteiger partial charge in [-0.15, -0.1) is 11.8 Å². The topological polar surface area (TPSA) is 66.5 Å². The van der Waals surface area contributed by atoms with Crippen LogP contribution in [-0.2, 0) is 21.4 Å². The lowest BCUT2D eigenvalue weighted by Crippen LogP contribution is -2.33. The molecule has 0 aliphatic heterocycles. The van der Waals surface area contributed by atoms with E-state index in [9.17, 15) is 13.2 Å². The van der Waals surface area contributed by atoms with Gasteiger partial charge in [-0.1, -0.05) is 37.3 Å². The van der Waals surface area contributed by atoms with Crippen LogP contribution in [0.25, 0.3) is 0 Å². The van der Waals surface area contributed by atoms with E-state index < -0.39 is 10.0 Å². The Labute approximate surface area is 166 Å². The van der Waals surface area contributed by atoms with E-state index in [0.717, 1.165) is 16.9 Å². The minimum atomic E-state index is -3.56. The Morgan fingerprint density at radius 3 is 2.33 bits per heavy atom. The van der Waals surface area contributed by atoms with Crippen LogP contribution in [0.5, 0.6) is 0 Å². The summed E-state index contributed by atoms with van der Waals surface area (Å²) in [5, 5.41) is 2.91. The summed E-state index contributed by atoms with van der Waals surface area (Å²) >= 11 is 1.39. The van der Waals surface area contributed by atoms with Crippen LogP contribution in [0.3, 0.4) is 0 Å². The number of nitrogens with zero attached hydrogens (tertiary/aromatic N) is 1. The number of carbonyl (C=O) groups is 1. The molecule has 0 spiro atoms. The molecule has 0 aliphatic carbocycles.